The molecule has 1 saturated heterocycles. The summed E-state index contributed by atoms with van der Waals surface area (Å²) in [7, 11) is 0. The highest BCUT2D eigenvalue weighted by molar-refractivity contribution is 6.29. The van der Waals surface area contributed by atoms with Gasteiger partial charge < -0.3 is 4.74 Å². The van der Waals surface area contributed by atoms with Crippen LogP contribution in [0.2, 0.25) is 5.15 Å². The number of H-pyrrole nitrogens is 1. The summed E-state index contributed by atoms with van der Waals surface area (Å²) in [6.07, 6.45) is 1.30. The summed E-state index contributed by atoms with van der Waals surface area (Å²) < 4.78 is 6.47. The quantitative estimate of drug-likeness (QED) is 0.741. The zero-order valence-corrected chi connectivity index (χ0v) is 9.71. The Bertz CT molecular complexity index is 468. The van der Waals surface area contributed by atoms with Crippen LogP contribution in [-0.2, 0) is 10.3 Å². The SMILES string of the molecule is CC1(n2c(=O)cc(Cl)[nH]c2=O)CCOCC1. The fraction of sp³-hybridized carbons (Fsp3) is 0.600. The third-order valence-corrected chi connectivity index (χ3v) is 3.21. The maximum Gasteiger partial charge on any atom is 0.329 e. The van der Waals surface area contributed by atoms with E-state index in [4.69, 9.17) is 16.3 Å². The van der Waals surface area contributed by atoms with Crippen LogP contribution in [0.1, 0.15) is 19.8 Å². The Morgan fingerprint density at radius 1 is 1.44 bits per heavy atom. The fourth-order valence-corrected chi connectivity index (χ4v) is 2.19. The van der Waals surface area contributed by atoms with E-state index in [0.29, 0.717) is 26.1 Å². The number of nitrogens with zero attached hydrogens (tertiary/aromatic N) is 1. The van der Waals surface area contributed by atoms with Crippen LogP contribution < -0.4 is 11.2 Å². The lowest BCUT2D eigenvalue weighted by atomic mass is 9.92. The van der Waals surface area contributed by atoms with Crippen LogP contribution >= 0.6 is 11.6 Å². The van der Waals surface area contributed by atoms with E-state index in [1.807, 2.05) is 6.92 Å². The van der Waals surface area contributed by atoms with Crippen molar-refractivity contribution < 1.29 is 4.74 Å². The smallest absolute Gasteiger partial charge is 0.329 e. The summed E-state index contributed by atoms with van der Waals surface area (Å²) >= 11 is 5.61. The van der Waals surface area contributed by atoms with Gasteiger partial charge in [-0.05, 0) is 19.8 Å². The maximum atomic E-state index is 11.8. The normalized spacial score (nSPS) is 19.6. The second-order valence-corrected chi connectivity index (χ2v) is 4.61. The molecule has 0 saturated carbocycles. The molecule has 1 fully saturated rings. The monoisotopic (exact) mass is 244 g/mol. The van der Waals surface area contributed by atoms with Crippen molar-refractivity contribution in [2.75, 3.05) is 13.2 Å². The van der Waals surface area contributed by atoms with Gasteiger partial charge >= 0.3 is 5.69 Å². The second-order valence-electron chi connectivity index (χ2n) is 4.21. The minimum absolute atomic E-state index is 0.0712. The van der Waals surface area contributed by atoms with E-state index in [2.05, 4.69) is 4.98 Å². The topological polar surface area (TPSA) is 64.1 Å². The third-order valence-electron chi connectivity index (χ3n) is 3.01. The third kappa shape index (κ3) is 1.92. The van der Waals surface area contributed by atoms with E-state index in [0.717, 1.165) is 0 Å². The van der Waals surface area contributed by atoms with Crippen LogP contribution in [0.3, 0.4) is 0 Å². The molecule has 1 aromatic heterocycles. The van der Waals surface area contributed by atoms with Gasteiger partial charge in [-0.25, -0.2) is 4.79 Å². The first-order valence-corrected chi connectivity index (χ1v) is 5.51. The lowest BCUT2D eigenvalue weighted by molar-refractivity contribution is 0.0260. The molecule has 88 valence electrons. The van der Waals surface area contributed by atoms with Crippen LogP contribution in [0.5, 0.6) is 0 Å². The number of halogens is 1. The molecule has 0 radical (unpaired) electrons. The Balaban J connectivity index is 2.55. The Labute approximate surface area is 97.0 Å². The van der Waals surface area contributed by atoms with Gasteiger partial charge in [0.15, 0.2) is 0 Å². The van der Waals surface area contributed by atoms with Gasteiger partial charge in [0, 0.05) is 19.3 Å². The van der Waals surface area contributed by atoms with Crippen molar-refractivity contribution in [2.24, 2.45) is 0 Å². The molecule has 0 amide bonds. The van der Waals surface area contributed by atoms with Crippen molar-refractivity contribution in [3.63, 3.8) is 0 Å². The number of hydrogen-bond acceptors (Lipinski definition) is 3. The van der Waals surface area contributed by atoms with Crippen molar-refractivity contribution >= 4 is 11.6 Å². The molecule has 0 spiro atoms. The summed E-state index contributed by atoms with van der Waals surface area (Å²) in [4.78, 5) is 26.0. The predicted octanol–water partition coefficient (Wildman–Crippen LogP) is 0.716. The average molecular weight is 245 g/mol. The average Bonchev–Trinajstić information content (AvgIpc) is 2.16. The molecule has 0 bridgehead atoms. The van der Waals surface area contributed by atoms with Crippen LogP contribution in [-0.4, -0.2) is 22.8 Å². The molecule has 6 heteroatoms. The van der Waals surface area contributed by atoms with Crippen LogP contribution in [0.4, 0.5) is 0 Å². The molecule has 2 rings (SSSR count). The van der Waals surface area contributed by atoms with Gasteiger partial charge in [-0.1, -0.05) is 11.6 Å². The first kappa shape index (κ1) is 11.4. The molecule has 0 unspecified atom stereocenters. The molecular formula is C10H13ClN2O3. The number of rotatable bonds is 1. The molecule has 5 nitrogen and oxygen atoms in total. The fourth-order valence-electron chi connectivity index (χ4n) is 2.01. The minimum Gasteiger partial charge on any atom is -0.381 e. The zero-order chi connectivity index (χ0) is 11.8. The number of hydrogen-bond donors (Lipinski definition) is 1. The van der Waals surface area contributed by atoms with Gasteiger partial charge in [0.25, 0.3) is 5.56 Å². The van der Waals surface area contributed by atoms with Crippen LogP contribution in [0, 0.1) is 0 Å². The highest BCUT2D eigenvalue weighted by Crippen LogP contribution is 2.25. The molecule has 16 heavy (non-hydrogen) atoms. The number of ether oxygens (including phenoxy) is 1. The molecule has 2 heterocycles. The molecule has 1 aliphatic rings. The first-order chi connectivity index (χ1) is 7.53. The number of aromatic nitrogens is 2. The maximum absolute atomic E-state index is 11.8. The highest BCUT2D eigenvalue weighted by atomic mass is 35.5. The molecule has 1 N–H and O–H groups in total. The molecular weight excluding hydrogens is 232 g/mol. The van der Waals surface area contributed by atoms with E-state index in [9.17, 15) is 9.59 Å². The molecule has 0 atom stereocenters. The summed E-state index contributed by atoms with van der Waals surface area (Å²) in [5, 5.41) is 0.0712. The standard InChI is InChI=1S/C10H13ClN2O3/c1-10(2-4-16-5-3-10)13-8(14)6-7(11)12-9(13)15/h6H,2-5H2,1H3,(H,12,15). The Morgan fingerprint density at radius 2 is 2.06 bits per heavy atom. The van der Waals surface area contributed by atoms with Crippen LogP contribution in [0.15, 0.2) is 15.7 Å². The predicted molar refractivity (Wildman–Crippen MR) is 60.0 cm³/mol. The lowest BCUT2D eigenvalue weighted by Crippen LogP contribution is -2.50. The van der Waals surface area contributed by atoms with Crippen molar-refractivity contribution in [3.05, 3.63) is 32.1 Å². The van der Waals surface area contributed by atoms with E-state index >= 15 is 0 Å². The second kappa shape index (κ2) is 4.07. The molecule has 0 aliphatic carbocycles. The number of nitrogens with one attached hydrogen (secondary N) is 1. The van der Waals surface area contributed by atoms with Gasteiger partial charge in [-0.15, -0.1) is 0 Å². The summed E-state index contributed by atoms with van der Waals surface area (Å²) in [6, 6.07) is 1.23. The van der Waals surface area contributed by atoms with Crippen molar-refractivity contribution in [1.82, 2.24) is 9.55 Å². The van der Waals surface area contributed by atoms with Gasteiger partial charge in [-0.2, -0.15) is 0 Å². The van der Waals surface area contributed by atoms with E-state index < -0.39 is 11.2 Å². The van der Waals surface area contributed by atoms with Crippen molar-refractivity contribution in [2.45, 2.75) is 25.3 Å². The zero-order valence-electron chi connectivity index (χ0n) is 8.96. The van der Waals surface area contributed by atoms with Gasteiger partial charge in [-0.3, -0.25) is 14.3 Å². The molecule has 1 aromatic rings. The van der Waals surface area contributed by atoms with Crippen LogP contribution in [0.25, 0.3) is 0 Å². The number of aromatic amines is 1. The van der Waals surface area contributed by atoms with Gasteiger partial charge in [0.2, 0.25) is 0 Å². The molecule has 1 aliphatic heterocycles. The van der Waals surface area contributed by atoms with Gasteiger partial charge in [0.05, 0.1) is 5.54 Å². The highest BCUT2D eigenvalue weighted by Gasteiger charge is 2.31. The summed E-state index contributed by atoms with van der Waals surface area (Å²) in [5.74, 6) is 0. The summed E-state index contributed by atoms with van der Waals surface area (Å²) in [6.45, 7) is 3.01. The Hall–Kier alpha value is -1.07. The van der Waals surface area contributed by atoms with Gasteiger partial charge in [0.1, 0.15) is 5.15 Å². The Morgan fingerprint density at radius 3 is 2.62 bits per heavy atom. The van der Waals surface area contributed by atoms with E-state index in [1.165, 1.54) is 10.6 Å². The Kier molecular flexibility index (Phi) is 2.90. The molecule has 0 aromatic carbocycles. The summed E-state index contributed by atoms with van der Waals surface area (Å²) in [5.41, 5.74) is -1.30. The minimum atomic E-state index is -0.479. The first-order valence-electron chi connectivity index (χ1n) is 5.13. The van der Waals surface area contributed by atoms with E-state index in [-0.39, 0.29) is 10.7 Å². The van der Waals surface area contributed by atoms with E-state index in [1.54, 1.807) is 0 Å². The van der Waals surface area contributed by atoms with Crippen molar-refractivity contribution in [3.8, 4) is 0 Å². The lowest BCUT2D eigenvalue weighted by Gasteiger charge is -2.34. The largest absolute Gasteiger partial charge is 0.381 e. The van der Waals surface area contributed by atoms with Crippen molar-refractivity contribution in [1.29, 1.82) is 0 Å².